The lowest BCUT2D eigenvalue weighted by molar-refractivity contribution is -0.120. The van der Waals surface area contributed by atoms with Crippen molar-refractivity contribution in [3.05, 3.63) is 58.1 Å². The molecule has 0 bridgehead atoms. The van der Waals surface area contributed by atoms with Gasteiger partial charge in [0.25, 0.3) is 0 Å². The van der Waals surface area contributed by atoms with Crippen molar-refractivity contribution in [3.63, 3.8) is 0 Å². The Kier molecular flexibility index (Phi) is 5.65. The number of ether oxygens (including phenoxy) is 1. The predicted molar refractivity (Wildman–Crippen MR) is 85.1 cm³/mol. The third-order valence-corrected chi connectivity index (χ3v) is 3.32. The number of nitrogens with one attached hydrogen (secondary N) is 1. The highest BCUT2D eigenvalue weighted by Crippen LogP contribution is 2.31. The molecule has 0 heterocycles. The normalized spacial score (nSPS) is 9.86. The Morgan fingerprint density at radius 3 is 2.59 bits per heavy atom. The van der Waals surface area contributed by atoms with E-state index in [0.717, 1.165) is 5.56 Å². The van der Waals surface area contributed by atoms with Gasteiger partial charge in [-0.25, -0.2) is 0 Å². The Hall–Kier alpha value is -2.22. The fourth-order valence-electron chi connectivity index (χ4n) is 1.69. The highest BCUT2D eigenvalue weighted by molar-refractivity contribution is 6.34. The molecule has 0 spiro atoms. The van der Waals surface area contributed by atoms with Crippen LogP contribution in [0.3, 0.4) is 0 Å². The van der Waals surface area contributed by atoms with E-state index in [1.165, 1.54) is 0 Å². The van der Waals surface area contributed by atoms with Crippen molar-refractivity contribution in [2.75, 3.05) is 0 Å². The van der Waals surface area contributed by atoms with Crippen LogP contribution in [0.2, 0.25) is 10.0 Å². The van der Waals surface area contributed by atoms with Crippen molar-refractivity contribution >= 4 is 29.1 Å². The summed E-state index contributed by atoms with van der Waals surface area (Å²) in [6.45, 7) is 0.360. The maximum Gasteiger partial charge on any atom is 0.234 e. The summed E-state index contributed by atoms with van der Waals surface area (Å²) in [7, 11) is 0. The number of carbonyl (C=O) groups is 1. The third kappa shape index (κ3) is 4.66. The number of benzene rings is 2. The standard InChI is InChI=1S/C16H12Cl2N2O2/c17-12-3-6-14(18)15(9-12)22-13-4-1-11(2-5-13)10-20-16(21)7-8-19/h1-6,9H,7,10H2,(H,20,21). The molecule has 4 nitrogen and oxygen atoms in total. The zero-order valence-corrected chi connectivity index (χ0v) is 13.0. The van der Waals surface area contributed by atoms with Gasteiger partial charge >= 0.3 is 0 Å². The monoisotopic (exact) mass is 334 g/mol. The van der Waals surface area contributed by atoms with E-state index in [1.54, 1.807) is 36.4 Å². The van der Waals surface area contributed by atoms with Crippen molar-refractivity contribution in [3.8, 4) is 17.6 Å². The molecule has 112 valence electrons. The Labute approximate surface area is 138 Å². The molecule has 0 aliphatic heterocycles. The highest BCUT2D eigenvalue weighted by atomic mass is 35.5. The highest BCUT2D eigenvalue weighted by Gasteiger charge is 2.05. The first-order valence-corrected chi connectivity index (χ1v) is 7.19. The number of nitrogens with zero attached hydrogens (tertiary/aromatic N) is 1. The second-order valence-electron chi connectivity index (χ2n) is 4.43. The van der Waals surface area contributed by atoms with Crippen molar-refractivity contribution in [2.24, 2.45) is 0 Å². The third-order valence-electron chi connectivity index (χ3n) is 2.77. The van der Waals surface area contributed by atoms with Gasteiger partial charge < -0.3 is 10.1 Å². The van der Waals surface area contributed by atoms with Gasteiger partial charge in [0.2, 0.25) is 5.91 Å². The minimum atomic E-state index is -0.298. The molecule has 0 saturated heterocycles. The summed E-state index contributed by atoms with van der Waals surface area (Å²) in [5.74, 6) is 0.786. The van der Waals surface area contributed by atoms with Gasteiger partial charge in [-0.05, 0) is 29.8 Å². The molecule has 0 atom stereocenters. The SMILES string of the molecule is N#CCC(=O)NCc1ccc(Oc2cc(Cl)ccc2Cl)cc1. The second kappa shape index (κ2) is 7.69. The summed E-state index contributed by atoms with van der Waals surface area (Å²) < 4.78 is 5.66. The van der Waals surface area contributed by atoms with E-state index in [1.807, 2.05) is 12.1 Å². The molecule has 0 radical (unpaired) electrons. The van der Waals surface area contributed by atoms with Gasteiger partial charge in [0.05, 0.1) is 11.1 Å². The second-order valence-corrected chi connectivity index (χ2v) is 5.28. The molecule has 0 aromatic heterocycles. The van der Waals surface area contributed by atoms with E-state index in [9.17, 15) is 4.79 Å². The first-order chi connectivity index (χ1) is 10.6. The summed E-state index contributed by atoms with van der Waals surface area (Å²) >= 11 is 11.9. The lowest BCUT2D eigenvalue weighted by Crippen LogP contribution is -2.21. The molecule has 0 unspecified atom stereocenters. The van der Waals surface area contributed by atoms with Crippen LogP contribution in [0.5, 0.6) is 11.5 Å². The maximum atomic E-state index is 11.2. The smallest absolute Gasteiger partial charge is 0.234 e. The van der Waals surface area contributed by atoms with E-state index >= 15 is 0 Å². The van der Waals surface area contributed by atoms with E-state index in [-0.39, 0.29) is 12.3 Å². The predicted octanol–water partition coefficient (Wildman–Crippen LogP) is 4.32. The Morgan fingerprint density at radius 2 is 1.91 bits per heavy atom. The van der Waals surface area contributed by atoms with Gasteiger partial charge in [-0.2, -0.15) is 5.26 Å². The molecule has 0 saturated carbocycles. The topological polar surface area (TPSA) is 62.1 Å². The molecule has 1 N–H and O–H groups in total. The van der Waals surface area contributed by atoms with Crippen LogP contribution in [0, 0.1) is 11.3 Å². The molecule has 1 amide bonds. The van der Waals surface area contributed by atoms with Gasteiger partial charge in [-0.3, -0.25) is 4.79 Å². The van der Waals surface area contributed by atoms with Gasteiger partial charge in [0, 0.05) is 17.6 Å². The first kappa shape index (κ1) is 16.2. The fraction of sp³-hybridized carbons (Fsp3) is 0.125. The van der Waals surface area contributed by atoms with Crippen LogP contribution in [0.25, 0.3) is 0 Å². The molecule has 2 rings (SSSR count). The van der Waals surface area contributed by atoms with Crippen LogP contribution < -0.4 is 10.1 Å². The number of hydrogen-bond donors (Lipinski definition) is 1. The summed E-state index contributed by atoms with van der Waals surface area (Å²) in [4.78, 5) is 11.2. The molecule has 0 aliphatic rings. The van der Waals surface area contributed by atoms with Crippen molar-refractivity contribution in [1.82, 2.24) is 5.32 Å². The van der Waals surface area contributed by atoms with Crippen molar-refractivity contribution in [2.45, 2.75) is 13.0 Å². The average molecular weight is 335 g/mol. The van der Waals surface area contributed by atoms with E-state index < -0.39 is 0 Å². The average Bonchev–Trinajstić information content (AvgIpc) is 2.50. The fourth-order valence-corrected chi connectivity index (χ4v) is 2.01. The number of carbonyl (C=O) groups excluding carboxylic acids is 1. The molecule has 2 aromatic rings. The quantitative estimate of drug-likeness (QED) is 0.885. The number of amides is 1. The van der Waals surface area contributed by atoms with Gasteiger partial charge in [0.1, 0.15) is 17.9 Å². The maximum absolute atomic E-state index is 11.2. The number of rotatable bonds is 5. The van der Waals surface area contributed by atoms with Crippen LogP contribution in [0.1, 0.15) is 12.0 Å². The number of halogens is 2. The Balaban J connectivity index is 1.99. The molecule has 0 aliphatic carbocycles. The Bertz CT molecular complexity index is 709. The van der Waals surface area contributed by atoms with Crippen LogP contribution in [-0.4, -0.2) is 5.91 Å². The van der Waals surface area contributed by atoms with E-state index in [2.05, 4.69) is 5.32 Å². The van der Waals surface area contributed by atoms with Crippen LogP contribution in [0.15, 0.2) is 42.5 Å². The van der Waals surface area contributed by atoms with E-state index in [0.29, 0.717) is 28.1 Å². The number of hydrogen-bond acceptors (Lipinski definition) is 3. The zero-order chi connectivity index (χ0) is 15.9. The summed E-state index contributed by atoms with van der Waals surface area (Å²) in [6.07, 6.45) is -0.144. The molecular weight excluding hydrogens is 323 g/mol. The Morgan fingerprint density at radius 1 is 1.18 bits per heavy atom. The zero-order valence-electron chi connectivity index (χ0n) is 11.5. The molecule has 22 heavy (non-hydrogen) atoms. The van der Waals surface area contributed by atoms with Crippen LogP contribution >= 0.6 is 23.2 Å². The van der Waals surface area contributed by atoms with Gasteiger partial charge in [0.15, 0.2) is 0 Å². The lowest BCUT2D eigenvalue weighted by Gasteiger charge is -2.09. The van der Waals surface area contributed by atoms with Gasteiger partial charge in [-0.1, -0.05) is 35.3 Å². The minimum absolute atomic E-state index is 0.144. The largest absolute Gasteiger partial charge is 0.456 e. The van der Waals surface area contributed by atoms with Gasteiger partial charge in [-0.15, -0.1) is 0 Å². The number of nitriles is 1. The van der Waals surface area contributed by atoms with E-state index in [4.69, 9.17) is 33.2 Å². The summed E-state index contributed by atoms with van der Waals surface area (Å²) in [5, 5.41) is 12.1. The van der Waals surface area contributed by atoms with Crippen LogP contribution in [-0.2, 0) is 11.3 Å². The summed E-state index contributed by atoms with van der Waals surface area (Å²) in [5.41, 5.74) is 0.899. The lowest BCUT2D eigenvalue weighted by atomic mass is 10.2. The first-order valence-electron chi connectivity index (χ1n) is 6.44. The van der Waals surface area contributed by atoms with Crippen molar-refractivity contribution in [1.29, 1.82) is 5.26 Å². The molecule has 2 aromatic carbocycles. The van der Waals surface area contributed by atoms with Crippen molar-refractivity contribution < 1.29 is 9.53 Å². The molecule has 0 fully saturated rings. The minimum Gasteiger partial charge on any atom is -0.456 e. The van der Waals surface area contributed by atoms with Crippen LogP contribution in [0.4, 0.5) is 0 Å². The molecule has 6 heteroatoms. The molecular formula is C16H12Cl2N2O2. The summed E-state index contributed by atoms with van der Waals surface area (Å²) in [6, 6.07) is 14.0.